The first kappa shape index (κ1) is 21.4. The third-order valence-electron chi connectivity index (χ3n) is 5.12. The van der Waals surface area contributed by atoms with Gasteiger partial charge in [0.15, 0.2) is 11.6 Å². The van der Waals surface area contributed by atoms with Crippen LogP contribution in [0.25, 0.3) is 16.7 Å². The second-order valence-electron chi connectivity index (χ2n) is 7.31. The molecule has 0 bridgehead atoms. The van der Waals surface area contributed by atoms with Crippen molar-refractivity contribution in [3.63, 3.8) is 0 Å². The van der Waals surface area contributed by atoms with Crippen molar-refractivity contribution in [3.05, 3.63) is 96.4 Å². The van der Waals surface area contributed by atoms with Gasteiger partial charge in [-0.25, -0.2) is 9.97 Å². The Morgan fingerprint density at radius 2 is 1.74 bits per heavy atom. The van der Waals surface area contributed by atoms with Crippen molar-refractivity contribution < 1.29 is 9.90 Å². The summed E-state index contributed by atoms with van der Waals surface area (Å²) in [5, 5.41) is 37.0. The summed E-state index contributed by atoms with van der Waals surface area (Å²) in [6, 6.07) is 21.3. The Bertz CT molecular complexity index is 1610. The third kappa shape index (κ3) is 4.17. The van der Waals surface area contributed by atoms with Gasteiger partial charge in [-0.2, -0.15) is 15.0 Å². The fraction of sp³-hybridized carbons (Fsp3) is 0. The summed E-state index contributed by atoms with van der Waals surface area (Å²) in [5.74, 6) is -0.557. The number of amides is 1. The van der Waals surface area contributed by atoms with Crippen LogP contribution in [0.4, 0.5) is 17.2 Å². The number of carbonyl (C=O) groups is 1. The van der Waals surface area contributed by atoms with E-state index >= 15 is 0 Å². The maximum atomic E-state index is 13.2. The zero-order chi connectivity index (χ0) is 24.2. The summed E-state index contributed by atoms with van der Waals surface area (Å²) in [6.45, 7) is 0. The molecule has 10 heteroatoms. The van der Waals surface area contributed by atoms with Crippen LogP contribution in [0.15, 0.2) is 95.5 Å². The maximum Gasteiger partial charge on any atom is 0.260 e. The number of rotatable bonds is 5. The summed E-state index contributed by atoms with van der Waals surface area (Å²) in [4.78, 5) is 21.4. The molecule has 0 spiro atoms. The summed E-state index contributed by atoms with van der Waals surface area (Å²) in [6.07, 6.45) is 4.39. The molecule has 168 valence electrons. The smallest absolute Gasteiger partial charge is 0.260 e. The highest BCUT2D eigenvalue weighted by molar-refractivity contribution is 6.16. The molecule has 2 aromatic heterocycles. The van der Waals surface area contributed by atoms with Gasteiger partial charge in [-0.05, 0) is 35.0 Å². The van der Waals surface area contributed by atoms with Crippen LogP contribution in [0.5, 0.6) is 5.75 Å². The SMILES string of the molecule is N#Cc1cnn(-c2ncccn2)c1/N=N/c1cc2ccccc2c(C(=O)Nc2ccccc2)c1O. The van der Waals surface area contributed by atoms with E-state index in [0.29, 0.717) is 16.5 Å². The Morgan fingerprint density at radius 3 is 2.51 bits per heavy atom. The largest absolute Gasteiger partial charge is 0.505 e. The molecule has 3 aromatic carbocycles. The summed E-state index contributed by atoms with van der Waals surface area (Å²) in [5.41, 5.74) is 0.829. The lowest BCUT2D eigenvalue weighted by atomic mass is 10.0. The number of para-hydroxylation sites is 1. The van der Waals surface area contributed by atoms with E-state index in [2.05, 4.69) is 30.6 Å². The number of aromatic nitrogens is 4. The topological polar surface area (TPSA) is 141 Å². The van der Waals surface area contributed by atoms with E-state index in [0.717, 1.165) is 0 Å². The highest BCUT2D eigenvalue weighted by atomic mass is 16.3. The van der Waals surface area contributed by atoms with Crippen LogP contribution in [-0.2, 0) is 0 Å². The van der Waals surface area contributed by atoms with Crippen LogP contribution < -0.4 is 5.32 Å². The first-order valence-corrected chi connectivity index (χ1v) is 10.4. The second-order valence-corrected chi connectivity index (χ2v) is 7.31. The zero-order valence-electron chi connectivity index (χ0n) is 18.1. The molecule has 5 rings (SSSR count). The van der Waals surface area contributed by atoms with Gasteiger partial charge in [0, 0.05) is 18.1 Å². The van der Waals surface area contributed by atoms with Crippen LogP contribution in [0.3, 0.4) is 0 Å². The van der Waals surface area contributed by atoms with Crippen molar-refractivity contribution >= 4 is 33.9 Å². The molecule has 0 atom stereocenters. The normalized spacial score (nSPS) is 10.9. The number of hydrogen-bond acceptors (Lipinski definition) is 8. The quantitative estimate of drug-likeness (QED) is 0.351. The number of nitriles is 1. The predicted molar refractivity (Wildman–Crippen MR) is 128 cm³/mol. The number of anilines is 1. The van der Waals surface area contributed by atoms with Crippen LogP contribution in [-0.4, -0.2) is 30.8 Å². The van der Waals surface area contributed by atoms with Crippen molar-refractivity contribution in [2.45, 2.75) is 0 Å². The van der Waals surface area contributed by atoms with Crippen molar-refractivity contribution in [3.8, 4) is 17.8 Å². The van der Waals surface area contributed by atoms with Crippen LogP contribution in [0.2, 0.25) is 0 Å². The van der Waals surface area contributed by atoms with E-state index < -0.39 is 5.91 Å². The van der Waals surface area contributed by atoms with E-state index in [1.165, 1.54) is 23.3 Å². The van der Waals surface area contributed by atoms with E-state index in [1.807, 2.05) is 18.2 Å². The number of benzene rings is 3. The molecule has 0 aliphatic heterocycles. The number of fused-ring (bicyclic) bond motifs is 1. The molecule has 0 unspecified atom stereocenters. The minimum atomic E-state index is -0.498. The van der Waals surface area contributed by atoms with E-state index in [-0.39, 0.29) is 34.3 Å². The Balaban J connectivity index is 1.60. The average Bonchev–Trinajstić information content (AvgIpc) is 3.31. The van der Waals surface area contributed by atoms with Gasteiger partial charge in [0.25, 0.3) is 11.9 Å². The number of nitrogens with one attached hydrogen (secondary N) is 1. The Hall–Kier alpha value is -5.43. The highest BCUT2D eigenvalue weighted by Crippen LogP contribution is 2.38. The first-order valence-electron chi connectivity index (χ1n) is 10.4. The average molecular weight is 460 g/mol. The number of carbonyl (C=O) groups excluding carboxylic acids is 1. The predicted octanol–water partition coefficient (Wildman–Crippen LogP) is 5.06. The second kappa shape index (κ2) is 9.21. The summed E-state index contributed by atoms with van der Waals surface area (Å²) in [7, 11) is 0. The number of phenols is 1. The van der Waals surface area contributed by atoms with E-state index in [4.69, 9.17) is 0 Å². The minimum absolute atomic E-state index is 0.0486. The number of nitrogens with zero attached hydrogens (tertiary/aromatic N) is 7. The van der Waals surface area contributed by atoms with Crippen molar-refractivity contribution in [2.24, 2.45) is 10.2 Å². The van der Waals surface area contributed by atoms with Gasteiger partial charge >= 0.3 is 0 Å². The zero-order valence-corrected chi connectivity index (χ0v) is 18.1. The van der Waals surface area contributed by atoms with Crippen LogP contribution >= 0.6 is 0 Å². The maximum absolute atomic E-state index is 13.2. The number of azo groups is 1. The molecule has 1 amide bonds. The molecule has 0 aliphatic rings. The molecule has 0 saturated carbocycles. The van der Waals surface area contributed by atoms with Crippen LogP contribution in [0.1, 0.15) is 15.9 Å². The highest BCUT2D eigenvalue weighted by Gasteiger charge is 2.20. The summed E-state index contributed by atoms with van der Waals surface area (Å²) < 4.78 is 1.27. The van der Waals surface area contributed by atoms with Gasteiger partial charge in [0.1, 0.15) is 17.3 Å². The molecule has 10 nitrogen and oxygen atoms in total. The molecular formula is C25H16N8O2. The number of phenolic OH excluding ortho intramolecular Hbond substituents is 1. The van der Waals surface area contributed by atoms with Crippen LogP contribution in [0, 0.1) is 11.3 Å². The fourth-order valence-electron chi connectivity index (χ4n) is 3.51. The lowest BCUT2D eigenvalue weighted by molar-refractivity contribution is 0.102. The molecule has 0 saturated heterocycles. The lowest BCUT2D eigenvalue weighted by Gasteiger charge is -2.12. The van der Waals surface area contributed by atoms with E-state index in [1.54, 1.807) is 54.6 Å². The molecular weight excluding hydrogens is 444 g/mol. The van der Waals surface area contributed by atoms with Gasteiger partial charge in [-0.1, -0.05) is 42.5 Å². The number of hydrogen-bond donors (Lipinski definition) is 2. The van der Waals surface area contributed by atoms with Gasteiger partial charge in [0.05, 0.1) is 11.8 Å². The van der Waals surface area contributed by atoms with Crippen molar-refractivity contribution in [2.75, 3.05) is 5.32 Å². The van der Waals surface area contributed by atoms with Gasteiger partial charge < -0.3 is 10.4 Å². The van der Waals surface area contributed by atoms with Gasteiger partial charge in [0.2, 0.25) is 0 Å². The van der Waals surface area contributed by atoms with Crippen molar-refractivity contribution in [1.29, 1.82) is 5.26 Å². The Morgan fingerprint density at radius 1 is 1.00 bits per heavy atom. The molecule has 5 aromatic rings. The van der Waals surface area contributed by atoms with E-state index in [9.17, 15) is 15.2 Å². The van der Waals surface area contributed by atoms with Crippen molar-refractivity contribution in [1.82, 2.24) is 19.7 Å². The molecule has 2 heterocycles. The molecule has 0 radical (unpaired) electrons. The first-order chi connectivity index (χ1) is 17.2. The molecule has 2 N–H and O–H groups in total. The molecule has 35 heavy (non-hydrogen) atoms. The van der Waals surface area contributed by atoms with Gasteiger partial charge in [-0.3, -0.25) is 4.79 Å². The summed E-state index contributed by atoms with van der Waals surface area (Å²) >= 11 is 0. The lowest BCUT2D eigenvalue weighted by Crippen LogP contribution is -2.12. The standard InChI is InChI=1S/C25H16N8O2/c26-14-17-15-29-33(25-27-11-6-12-28-25)23(17)32-31-20-13-16-7-4-5-10-19(16)21(22(20)34)24(35)30-18-8-2-1-3-9-18/h1-13,15,34H,(H,30,35)/b32-31+. The molecule has 0 aliphatic carbocycles. The fourth-order valence-corrected chi connectivity index (χ4v) is 3.51. The monoisotopic (exact) mass is 460 g/mol. The number of aromatic hydroxyl groups is 1. The van der Waals surface area contributed by atoms with Gasteiger partial charge in [-0.15, -0.1) is 10.2 Å². The minimum Gasteiger partial charge on any atom is -0.505 e. The Labute approximate surface area is 198 Å². The molecule has 0 fully saturated rings. The third-order valence-corrected chi connectivity index (χ3v) is 5.12. The Kier molecular flexibility index (Phi) is 5.63.